The topological polar surface area (TPSA) is 66.5 Å². The van der Waals surface area contributed by atoms with E-state index in [-0.39, 0.29) is 0 Å². The van der Waals surface area contributed by atoms with E-state index >= 15 is 0 Å². The Morgan fingerprint density at radius 3 is 2.95 bits per heavy atom. The van der Waals surface area contributed by atoms with Gasteiger partial charge in [-0.2, -0.15) is 5.10 Å². The van der Waals surface area contributed by atoms with Gasteiger partial charge in [0.25, 0.3) is 0 Å². The Morgan fingerprint density at radius 2 is 2.18 bits per heavy atom. The number of hydrogen-bond donors (Lipinski definition) is 2. The van der Waals surface area contributed by atoms with E-state index in [1.54, 1.807) is 11.3 Å². The molecule has 22 heavy (non-hydrogen) atoms. The molecule has 0 unspecified atom stereocenters. The van der Waals surface area contributed by atoms with Gasteiger partial charge in [-0.15, -0.1) is 11.3 Å². The van der Waals surface area contributed by atoms with Gasteiger partial charge >= 0.3 is 0 Å². The van der Waals surface area contributed by atoms with Crippen LogP contribution in [0.2, 0.25) is 0 Å². The maximum atomic E-state index is 4.70. The summed E-state index contributed by atoms with van der Waals surface area (Å²) >= 11 is 1.72. The van der Waals surface area contributed by atoms with Crippen LogP contribution >= 0.6 is 11.3 Å². The Hall–Kier alpha value is -1.79. The summed E-state index contributed by atoms with van der Waals surface area (Å²) in [5, 5.41) is 10.6. The Bertz CT molecular complexity index is 785. The maximum absolute atomic E-state index is 4.70. The molecular formula is C16H19N5S. The zero-order chi connectivity index (χ0) is 14.9. The average molecular weight is 313 g/mol. The van der Waals surface area contributed by atoms with E-state index in [4.69, 9.17) is 4.98 Å². The first-order chi connectivity index (χ1) is 10.8. The molecule has 0 aromatic carbocycles. The van der Waals surface area contributed by atoms with Crippen LogP contribution in [0.5, 0.6) is 0 Å². The van der Waals surface area contributed by atoms with Crippen molar-refractivity contribution in [3.8, 4) is 10.4 Å². The molecule has 5 nitrogen and oxygen atoms in total. The lowest BCUT2D eigenvalue weighted by atomic mass is 10.2. The Morgan fingerprint density at radius 1 is 1.32 bits per heavy atom. The highest BCUT2D eigenvalue weighted by molar-refractivity contribution is 7.22. The molecule has 6 heteroatoms. The van der Waals surface area contributed by atoms with Crippen molar-refractivity contribution < 1.29 is 0 Å². The average Bonchev–Trinajstić information content (AvgIpc) is 3.24. The largest absolute Gasteiger partial charge is 0.307 e. The molecular weight excluding hydrogens is 294 g/mol. The van der Waals surface area contributed by atoms with Crippen molar-refractivity contribution in [1.82, 2.24) is 25.5 Å². The third-order valence-electron chi connectivity index (χ3n) is 4.32. The van der Waals surface area contributed by atoms with Crippen molar-refractivity contribution in [3.05, 3.63) is 30.0 Å². The van der Waals surface area contributed by atoms with Gasteiger partial charge in [-0.05, 0) is 25.8 Å². The highest BCUT2D eigenvalue weighted by atomic mass is 32.1. The van der Waals surface area contributed by atoms with Gasteiger partial charge in [-0.1, -0.05) is 12.8 Å². The van der Waals surface area contributed by atoms with Crippen molar-refractivity contribution in [2.45, 2.75) is 45.2 Å². The molecule has 0 saturated heterocycles. The predicted molar refractivity (Wildman–Crippen MR) is 88.8 cm³/mol. The first-order valence-corrected chi connectivity index (χ1v) is 8.60. The van der Waals surface area contributed by atoms with E-state index < -0.39 is 0 Å². The van der Waals surface area contributed by atoms with Crippen LogP contribution in [0.4, 0.5) is 0 Å². The van der Waals surface area contributed by atoms with Gasteiger partial charge in [0.1, 0.15) is 5.82 Å². The van der Waals surface area contributed by atoms with Crippen molar-refractivity contribution in [3.63, 3.8) is 0 Å². The van der Waals surface area contributed by atoms with Crippen molar-refractivity contribution in [1.29, 1.82) is 0 Å². The number of nitrogens with zero attached hydrogens (tertiary/aromatic N) is 3. The minimum absolute atomic E-state index is 0.644. The van der Waals surface area contributed by atoms with E-state index in [1.165, 1.54) is 30.6 Å². The molecule has 1 aliphatic rings. The van der Waals surface area contributed by atoms with Crippen LogP contribution in [-0.2, 0) is 6.54 Å². The monoisotopic (exact) mass is 313 g/mol. The molecule has 2 N–H and O–H groups in total. The number of H-pyrrole nitrogens is 1. The molecule has 0 radical (unpaired) electrons. The van der Waals surface area contributed by atoms with E-state index in [0.29, 0.717) is 6.04 Å². The fourth-order valence-corrected chi connectivity index (χ4v) is 4.10. The Labute approximate surface area is 133 Å². The lowest BCUT2D eigenvalue weighted by Gasteiger charge is -2.10. The quantitative estimate of drug-likeness (QED) is 0.774. The zero-order valence-corrected chi connectivity index (χ0v) is 13.4. The SMILES string of the molecule is Cc1[nH]ncc1-c1cc2nc(CNC3CCCC3)ncc2s1. The maximum Gasteiger partial charge on any atom is 0.142 e. The fourth-order valence-electron chi connectivity index (χ4n) is 3.06. The lowest BCUT2D eigenvalue weighted by Crippen LogP contribution is -2.26. The van der Waals surface area contributed by atoms with Crippen LogP contribution in [0.15, 0.2) is 18.5 Å². The molecule has 0 atom stereocenters. The summed E-state index contributed by atoms with van der Waals surface area (Å²) < 4.78 is 1.13. The second-order valence-electron chi connectivity index (χ2n) is 5.92. The number of thiophene rings is 1. The number of fused-ring (bicyclic) bond motifs is 1. The molecule has 3 heterocycles. The van der Waals surface area contributed by atoms with Crippen molar-refractivity contribution >= 4 is 21.6 Å². The smallest absolute Gasteiger partial charge is 0.142 e. The summed E-state index contributed by atoms with van der Waals surface area (Å²) in [6.45, 7) is 2.80. The molecule has 3 aromatic rings. The second-order valence-corrected chi connectivity index (χ2v) is 7.00. The van der Waals surface area contributed by atoms with E-state index in [1.807, 2.05) is 19.3 Å². The number of rotatable bonds is 4. The van der Waals surface area contributed by atoms with Gasteiger partial charge < -0.3 is 5.32 Å². The van der Waals surface area contributed by atoms with Crippen LogP contribution < -0.4 is 5.32 Å². The highest BCUT2D eigenvalue weighted by Gasteiger charge is 2.15. The van der Waals surface area contributed by atoms with E-state index in [2.05, 4.69) is 26.6 Å². The van der Waals surface area contributed by atoms with Crippen LogP contribution in [-0.4, -0.2) is 26.2 Å². The number of nitrogens with one attached hydrogen (secondary N) is 2. The van der Waals surface area contributed by atoms with Crippen LogP contribution in [0.3, 0.4) is 0 Å². The summed E-state index contributed by atoms with van der Waals surface area (Å²) in [5.41, 5.74) is 3.26. The summed E-state index contributed by atoms with van der Waals surface area (Å²) in [5.74, 6) is 0.882. The van der Waals surface area contributed by atoms with Crippen LogP contribution in [0.25, 0.3) is 20.7 Å². The highest BCUT2D eigenvalue weighted by Crippen LogP contribution is 2.33. The summed E-state index contributed by atoms with van der Waals surface area (Å²) in [4.78, 5) is 10.4. The zero-order valence-electron chi connectivity index (χ0n) is 12.6. The van der Waals surface area contributed by atoms with Crippen molar-refractivity contribution in [2.24, 2.45) is 0 Å². The number of aromatic nitrogens is 4. The lowest BCUT2D eigenvalue weighted by molar-refractivity contribution is 0.514. The molecule has 0 amide bonds. The van der Waals surface area contributed by atoms with Gasteiger partial charge in [0, 0.05) is 28.4 Å². The minimum Gasteiger partial charge on any atom is -0.307 e. The molecule has 1 aliphatic carbocycles. The molecule has 0 aliphatic heterocycles. The molecule has 114 valence electrons. The minimum atomic E-state index is 0.644. The first kappa shape index (κ1) is 13.8. The third-order valence-corrected chi connectivity index (χ3v) is 5.41. The summed E-state index contributed by atoms with van der Waals surface area (Å²) in [7, 11) is 0. The summed E-state index contributed by atoms with van der Waals surface area (Å²) in [6, 6.07) is 2.78. The second kappa shape index (κ2) is 5.78. The molecule has 0 spiro atoms. The molecule has 1 saturated carbocycles. The number of aromatic amines is 1. The Kier molecular flexibility index (Phi) is 3.63. The van der Waals surface area contributed by atoms with E-state index in [9.17, 15) is 0 Å². The number of aryl methyl sites for hydroxylation is 1. The van der Waals surface area contributed by atoms with Gasteiger partial charge in [0.15, 0.2) is 0 Å². The predicted octanol–water partition coefficient (Wildman–Crippen LogP) is 3.42. The summed E-state index contributed by atoms with van der Waals surface area (Å²) in [6.07, 6.45) is 9.06. The number of hydrogen-bond acceptors (Lipinski definition) is 5. The fraction of sp³-hybridized carbons (Fsp3) is 0.438. The first-order valence-electron chi connectivity index (χ1n) is 7.79. The Balaban J connectivity index is 1.56. The third kappa shape index (κ3) is 2.64. The van der Waals surface area contributed by atoms with Crippen molar-refractivity contribution in [2.75, 3.05) is 0 Å². The molecule has 1 fully saturated rings. The van der Waals surface area contributed by atoms with Crippen LogP contribution in [0, 0.1) is 6.92 Å². The van der Waals surface area contributed by atoms with Gasteiger partial charge in [-0.25, -0.2) is 9.97 Å². The normalized spacial score (nSPS) is 15.9. The standard InChI is InChI=1S/C16H19N5S/c1-10-12(7-19-21-10)14-6-13-15(22-14)8-18-16(20-13)9-17-11-4-2-3-5-11/h6-8,11,17H,2-5,9H2,1H3,(H,19,21). The van der Waals surface area contributed by atoms with Crippen LogP contribution in [0.1, 0.15) is 37.2 Å². The van der Waals surface area contributed by atoms with Gasteiger partial charge in [0.2, 0.25) is 0 Å². The molecule has 4 rings (SSSR count). The van der Waals surface area contributed by atoms with Gasteiger partial charge in [-0.3, -0.25) is 5.10 Å². The van der Waals surface area contributed by atoms with E-state index in [0.717, 1.165) is 33.8 Å². The van der Waals surface area contributed by atoms with Gasteiger partial charge in [0.05, 0.1) is 23.0 Å². The molecule has 3 aromatic heterocycles. The molecule has 0 bridgehead atoms.